The lowest BCUT2D eigenvalue weighted by atomic mass is 9.89. The first-order valence-corrected chi connectivity index (χ1v) is 8.84. The van der Waals surface area contributed by atoms with Crippen molar-refractivity contribution in [3.8, 4) is 0 Å². The smallest absolute Gasteiger partial charge is 0.149 e. The Bertz CT molecular complexity index is 939. The second kappa shape index (κ2) is 8.24. The number of para-hydroxylation sites is 1. The van der Waals surface area contributed by atoms with Crippen LogP contribution in [-0.4, -0.2) is 10.8 Å². The number of carbonyl (C=O) groups is 1. The van der Waals surface area contributed by atoms with Gasteiger partial charge in [-0.25, -0.2) is 4.39 Å². The summed E-state index contributed by atoms with van der Waals surface area (Å²) in [5, 5.41) is 1.16. The van der Waals surface area contributed by atoms with Crippen LogP contribution in [0.15, 0.2) is 72.4 Å². The third-order valence-electron chi connectivity index (χ3n) is 4.34. The fraction of sp³-hybridized carbons (Fsp3) is 0.182. The number of fused-ring (bicyclic) bond motifs is 1. The highest BCUT2D eigenvalue weighted by molar-refractivity contribution is 6.29. The summed E-state index contributed by atoms with van der Waals surface area (Å²) in [6, 6.07) is 16.5. The highest BCUT2D eigenvalue weighted by atomic mass is 35.5. The summed E-state index contributed by atoms with van der Waals surface area (Å²) in [6.07, 6.45) is 2.85. The van der Waals surface area contributed by atoms with Gasteiger partial charge in [-0.15, -0.1) is 0 Å². The van der Waals surface area contributed by atoms with Gasteiger partial charge in [-0.3, -0.25) is 9.78 Å². The minimum atomic E-state index is -0.360. The van der Waals surface area contributed by atoms with Crippen LogP contribution in [-0.2, 0) is 17.6 Å². The molecule has 132 valence electrons. The molecule has 3 aromatic rings. The third kappa shape index (κ3) is 4.55. The molecule has 26 heavy (non-hydrogen) atoms. The lowest BCUT2D eigenvalue weighted by Crippen LogP contribution is -2.19. The summed E-state index contributed by atoms with van der Waals surface area (Å²) in [5.74, 6) is -0.528. The second-order valence-corrected chi connectivity index (χ2v) is 6.94. The number of rotatable bonds is 7. The number of ketones is 1. The molecule has 0 saturated carbocycles. The molecule has 0 aliphatic carbocycles. The number of allylic oxidation sites excluding steroid dienone is 1. The molecule has 0 fully saturated rings. The maximum atomic E-state index is 13.7. The first-order chi connectivity index (χ1) is 12.5. The van der Waals surface area contributed by atoms with Gasteiger partial charge >= 0.3 is 0 Å². The van der Waals surface area contributed by atoms with Crippen molar-refractivity contribution in [1.82, 2.24) is 4.98 Å². The van der Waals surface area contributed by atoms with Crippen molar-refractivity contribution in [2.75, 3.05) is 0 Å². The van der Waals surface area contributed by atoms with E-state index in [-0.39, 0.29) is 23.9 Å². The summed E-state index contributed by atoms with van der Waals surface area (Å²) in [7, 11) is 0. The van der Waals surface area contributed by atoms with Crippen LogP contribution < -0.4 is 0 Å². The molecular formula is C22H19ClFNO. The topological polar surface area (TPSA) is 30.0 Å². The van der Waals surface area contributed by atoms with Crippen molar-refractivity contribution >= 4 is 28.3 Å². The number of pyridine rings is 1. The van der Waals surface area contributed by atoms with Crippen LogP contribution in [0.1, 0.15) is 17.5 Å². The van der Waals surface area contributed by atoms with Crippen molar-refractivity contribution in [3.63, 3.8) is 0 Å². The molecule has 1 unspecified atom stereocenters. The van der Waals surface area contributed by atoms with Crippen LogP contribution in [0.25, 0.3) is 10.9 Å². The van der Waals surface area contributed by atoms with E-state index in [9.17, 15) is 9.18 Å². The Hall–Kier alpha value is -2.52. The second-order valence-electron chi connectivity index (χ2n) is 6.41. The highest BCUT2D eigenvalue weighted by Gasteiger charge is 2.20. The first-order valence-electron chi connectivity index (χ1n) is 8.46. The van der Waals surface area contributed by atoms with Crippen molar-refractivity contribution in [1.29, 1.82) is 0 Å². The normalized spacial score (nSPS) is 12.1. The lowest BCUT2D eigenvalue weighted by Gasteiger charge is -2.15. The van der Waals surface area contributed by atoms with Crippen LogP contribution in [0.3, 0.4) is 0 Å². The molecule has 0 spiro atoms. The average Bonchev–Trinajstić information content (AvgIpc) is 2.62. The first kappa shape index (κ1) is 18.3. The Morgan fingerprint density at radius 3 is 2.62 bits per heavy atom. The van der Waals surface area contributed by atoms with Crippen molar-refractivity contribution in [2.24, 2.45) is 5.92 Å². The largest absolute Gasteiger partial charge is 0.299 e. The molecule has 1 aromatic heterocycles. The number of carbonyl (C=O) groups excluding carboxylic acids is 1. The van der Waals surface area contributed by atoms with Gasteiger partial charge in [0.05, 0.1) is 0 Å². The van der Waals surface area contributed by atoms with E-state index in [1.807, 2.05) is 36.4 Å². The number of benzene rings is 2. The number of hydrogen-bond acceptors (Lipinski definition) is 2. The number of nitrogens with zero attached hydrogens (tertiary/aromatic N) is 1. The molecule has 1 atom stereocenters. The molecular weight excluding hydrogens is 349 g/mol. The minimum Gasteiger partial charge on any atom is -0.299 e. The summed E-state index contributed by atoms with van der Waals surface area (Å²) in [6.45, 7) is 3.74. The quantitative estimate of drug-likeness (QED) is 0.553. The lowest BCUT2D eigenvalue weighted by molar-refractivity contribution is -0.122. The van der Waals surface area contributed by atoms with E-state index in [1.54, 1.807) is 18.3 Å². The summed E-state index contributed by atoms with van der Waals surface area (Å²) in [4.78, 5) is 17.0. The van der Waals surface area contributed by atoms with Crippen LogP contribution in [0, 0.1) is 11.7 Å². The predicted molar refractivity (Wildman–Crippen MR) is 104 cm³/mol. The van der Waals surface area contributed by atoms with E-state index in [1.165, 1.54) is 6.07 Å². The zero-order chi connectivity index (χ0) is 18.5. The average molecular weight is 368 g/mol. The zero-order valence-corrected chi connectivity index (χ0v) is 15.0. The Morgan fingerprint density at radius 1 is 1.12 bits per heavy atom. The van der Waals surface area contributed by atoms with Crippen LogP contribution >= 0.6 is 11.6 Å². The Morgan fingerprint density at radius 2 is 1.88 bits per heavy atom. The molecule has 3 rings (SSSR count). The maximum Gasteiger partial charge on any atom is 0.149 e. The van der Waals surface area contributed by atoms with Gasteiger partial charge in [0.2, 0.25) is 0 Å². The standard InChI is InChI=1S/C22H19ClFNO/c1-15(23)10-19(11-16-6-3-2-4-7-16)21(26)13-17-12-18-8-5-9-20(24)22(18)25-14-17/h2-9,12,14,19H,1,10-11,13H2. The van der Waals surface area contributed by atoms with Crippen LogP contribution in [0.5, 0.6) is 0 Å². The highest BCUT2D eigenvalue weighted by Crippen LogP contribution is 2.22. The van der Waals surface area contributed by atoms with Crippen molar-refractivity contribution in [2.45, 2.75) is 19.3 Å². The number of Topliss-reactive ketones (excluding diaryl/α,β-unsaturated/α-hetero) is 1. The Labute approximate surface area is 157 Å². The molecule has 4 heteroatoms. The molecule has 2 aromatic carbocycles. The van der Waals surface area contributed by atoms with Gasteiger partial charge in [0, 0.05) is 29.0 Å². The van der Waals surface area contributed by atoms with E-state index < -0.39 is 0 Å². The summed E-state index contributed by atoms with van der Waals surface area (Å²) >= 11 is 5.98. The monoisotopic (exact) mass is 367 g/mol. The van der Waals surface area contributed by atoms with Gasteiger partial charge in [0.15, 0.2) is 0 Å². The fourth-order valence-corrected chi connectivity index (χ4v) is 3.26. The Balaban J connectivity index is 1.79. The van der Waals surface area contributed by atoms with Gasteiger partial charge in [-0.05, 0) is 36.1 Å². The zero-order valence-electron chi connectivity index (χ0n) is 14.3. The third-order valence-corrected chi connectivity index (χ3v) is 4.50. The molecule has 0 amide bonds. The van der Waals surface area contributed by atoms with E-state index in [0.717, 1.165) is 11.1 Å². The summed E-state index contributed by atoms with van der Waals surface area (Å²) in [5.41, 5.74) is 2.17. The summed E-state index contributed by atoms with van der Waals surface area (Å²) < 4.78 is 13.7. The van der Waals surface area contributed by atoms with Gasteiger partial charge in [-0.2, -0.15) is 0 Å². The van der Waals surface area contributed by atoms with Gasteiger partial charge in [0.1, 0.15) is 17.1 Å². The molecule has 0 radical (unpaired) electrons. The van der Waals surface area contributed by atoms with Gasteiger partial charge < -0.3 is 0 Å². The van der Waals surface area contributed by atoms with Crippen molar-refractivity contribution < 1.29 is 9.18 Å². The van der Waals surface area contributed by atoms with E-state index in [2.05, 4.69) is 11.6 Å². The number of aromatic nitrogens is 1. The minimum absolute atomic E-state index is 0.0770. The molecule has 0 aliphatic rings. The maximum absolute atomic E-state index is 13.7. The van der Waals surface area contributed by atoms with E-state index >= 15 is 0 Å². The van der Waals surface area contributed by atoms with Gasteiger partial charge in [-0.1, -0.05) is 60.6 Å². The molecule has 0 bridgehead atoms. The van der Waals surface area contributed by atoms with Crippen LogP contribution in [0.2, 0.25) is 0 Å². The van der Waals surface area contributed by atoms with Gasteiger partial charge in [0.25, 0.3) is 0 Å². The fourth-order valence-electron chi connectivity index (χ4n) is 3.08. The SMILES string of the molecule is C=C(Cl)CC(Cc1ccccc1)C(=O)Cc1cnc2c(F)cccc2c1. The molecule has 0 N–H and O–H groups in total. The van der Waals surface area contributed by atoms with Crippen LogP contribution in [0.4, 0.5) is 4.39 Å². The molecule has 2 nitrogen and oxygen atoms in total. The predicted octanol–water partition coefficient (Wildman–Crippen LogP) is 5.49. The number of hydrogen-bond donors (Lipinski definition) is 0. The van der Waals surface area contributed by atoms with E-state index in [0.29, 0.717) is 28.8 Å². The molecule has 1 heterocycles. The number of halogens is 2. The molecule has 0 saturated heterocycles. The Kier molecular flexibility index (Phi) is 5.79. The molecule has 0 aliphatic heterocycles. The van der Waals surface area contributed by atoms with E-state index in [4.69, 9.17) is 11.6 Å². The van der Waals surface area contributed by atoms with Crippen molar-refractivity contribution in [3.05, 3.63) is 89.3 Å².